The van der Waals surface area contributed by atoms with Crippen molar-refractivity contribution in [2.75, 3.05) is 0 Å². The summed E-state index contributed by atoms with van der Waals surface area (Å²) >= 11 is 11.9. The Morgan fingerprint density at radius 2 is 1.82 bits per heavy atom. The van der Waals surface area contributed by atoms with Gasteiger partial charge in [0.25, 0.3) is 0 Å². The van der Waals surface area contributed by atoms with Crippen LogP contribution in [0.25, 0.3) is 11.3 Å². The molecule has 4 heteroatoms. The topological polar surface area (TPSA) is 17.8 Å². The summed E-state index contributed by atoms with van der Waals surface area (Å²) in [6.45, 7) is 6.40. The summed E-state index contributed by atoms with van der Waals surface area (Å²) in [6.07, 6.45) is 3.84. The smallest absolute Gasteiger partial charge is 0.0958 e. The number of halogens is 2. The second-order valence-corrected chi connectivity index (χ2v) is 5.78. The Bertz CT molecular complexity index is 539. The van der Waals surface area contributed by atoms with E-state index in [1.807, 2.05) is 24.7 Å². The van der Waals surface area contributed by atoms with Crippen molar-refractivity contribution in [3.63, 3.8) is 0 Å². The van der Waals surface area contributed by atoms with Crippen LogP contribution in [0.2, 0.25) is 10.0 Å². The van der Waals surface area contributed by atoms with Crippen LogP contribution < -0.4 is 0 Å². The molecule has 2 rings (SSSR count). The molecular weight excluding hydrogens is 255 g/mol. The first kappa shape index (κ1) is 12.5. The Kier molecular flexibility index (Phi) is 3.19. The Hall–Kier alpha value is -0.990. The molecule has 2 nitrogen and oxygen atoms in total. The lowest BCUT2D eigenvalue weighted by molar-refractivity contribution is 0.396. The van der Waals surface area contributed by atoms with E-state index < -0.39 is 0 Å². The van der Waals surface area contributed by atoms with Gasteiger partial charge in [0.15, 0.2) is 0 Å². The fourth-order valence-electron chi connectivity index (χ4n) is 1.49. The van der Waals surface area contributed by atoms with Gasteiger partial charge in [-0.2, -0.15) is 0 Å². The van der Waals surface area contributed by atoms with Crippen molar-refractivity contribution in [2.24, 2.45) is 0 Å². The highest BCUT2D eigenvalue weighted by molar-refractivity contribution is 6.42. The zero-order valence-electron chi connectivity index (χ0n) is 10.0. The number of nitrogens with zero attached hydrogens (tertiary/aromatic N) is 2. The van der Waals surface area contributed by atoms with Crippen molar-refractivity contribution >= 4 is 23.2 Å². The van der Waals surface area contributed by atoms with Crippen LogP contribution in [-0.4, -0.2) is 9.55 Å². The van der Waals surface area contributed by atoms with E-state index in [0.717, 1.165) is 11.3 Å². The molecule has 0 spiro atoms. The summed E-state index contributed by atoms with van der Waals surface area (Å²) in [5.74, 6) is 0. The Labute approximate surface area is 111 Å². The van der Waals surface area contributed by atoms with Gasteiger partial charge in [-0.1, -0.05) is 29.3 Å². The van der Waals surface area contributed by atoms with Gasteiger partial charge in [-0.05, 0) is 32.9 Å². The molecule has 17 heavy (non-hydrogen) atoms. The van der Waals surface area contributed by atoms with Crippen LogP contribution in [0.4, 0.5) is 0 Å². The van der Waals surface area contributed by atoms with E-state index in [1.54, 1.807) is 6.07 Å². The van der Waals surface area contributed by atoms with Gasteiger partial charge in [0.05, 0.1) is 22.1 Å². The maximum atomic E-state index is 5.99. The van der Waals surface area contributed by atoms with Crippen LogP contribution in [0.3, 0.4) is 0 Å². The molecular formula is C13H14Cl2N2. The first-order chi connectivity index (χ1) is 7.88. The van der Waals surface area contributed by atoms with Crippen LogP contribution in [-0.2, 0) is 5.54 Å². The van der Waals surface area contributed by atoms with Gasteiger partial charge in [-0.3, -0.25) is 0 Å². The molecule has 1 aromatic carbocycles. The second-order valence-electron chi connectivity index (χ2n) is 4.97. The lowest BCUT2D eigenvalue weighted by Gasteiger charge is -2.19. The normalized spacial score (nSPS) is 11.8. The molecule has 0 amide bonds. The van der Waals surface area contributed by atoms with E-state index in [-0.39, 0.29) is 5.54 Å². The van der Waals surface area contributed by atoms with Crippen molar-refractivity contribution < 1.29 is 0 Å². The van der Waals surface area contributed by atoms with Gasteiger partial charge in [0, 0.05) is 17.3 Å². The van der Waals surface area contributed by atoms with Crippen LogP contribution in [0.5, 0.6) is 0 Å². The number of benzene rings is 1. The maximum Gasteiger partial charge on any atom is 0.0958 e. The van der Waals surface area contributed by atoms with E-state index in [0.29, 0.717) is 10.0 Å². The first-order valence-corrected chi connectivity index (χ1v) is 6.13. The predicted molar refractivity (Wildman–Crippen MR) is 72.7 cm³/mol. The molecule has 0 bridgehead atoms. The summed E-state index contributed by atoms with van der Waals surface area (Å²) in [6, 6.07) is 5.54. The van der Waals surface area contributed by atoms with Crippen LogP contribution >= 0.6 is 23.2 Å². The third-order valence-corrected chi connectivity index (χ3v) is 3.31. The number of hydrogen-bond acceptors (Lipinski definition) is 1. The third kappa shape index (κ3) is 2.64. The van der Waals surface area contributed by atoms with Gasteiger partial charge in [-0.15, -0.1) is 0 Å². The van der Waals surface area contributed by atoms with E-state index >= 15 is 0 Å². The predicted octanol–water partition coefficient (Wildman–Crippen LogP) is 4.61. The molecule has 0 saturated carbocycles. The molecule has 90 valence electrons. The minimum atomic E-state index is 0.0292. The quantitative estimate of drug-likeness (QED) is 0.739. The lowest BCUT2D eigenvalue weighted by Crippen LogP contribution is -2.19. The number of hydrogen-bond donors (Lipinski definition) is 0. The average molecular weight is 269 g/mol. The molecule has 0 saturated heterocycles. The van der Waals surface area contributed by atoms with Crippen molar-refractivity contribution in [1.29, 1.82) is 0 Å². The minimum Gasteiger partial charge on any atom is -0.332 e. The molecule has 0 aliphatic rings. The fourth-order valence-corrected chi connectivity index (χ4v) is 1.79. The van der Waals surface area contributed by atoms with Crippen molar-refractivity contribution in [1.82, 2.24) is 9.55 Å². The summed E-state index contributed by atoms with van der Waals surface area (Å²) in [5.41, 5.74) is 1.91. The van der Waals surface area contributed by atoms with Crippen molar-refractivity contribution in [3.8, 4) is 11.3 Å². The number of rotatable bonds is 1. The van der Waals surface area contributed by atoms with E-state index in [2.05, 4.69) is 30.3 Å². The van der Waals surface area contributed by atoms with Gasteiger partial charge < -0.3 is 4.57 Å². The zero-order valence-corrected chi connectivity index (χ0v) is 11.5. The summed E-state index contributed by atoms with van der Waals surface area (Å²) in [7, 11) is 0. The van der Waals surface area contributed by atoms with Gasteiger partial charge in [0.2, 0.25) is 0 Å². The third-order valence-electron chi connectivity index (χ3n) is 2.57. The van der Waals surface area contributed by atoms with Crippen LogP contribution in [0, 0.1) is 0 Å². The number of aromatic nitrogens is 2. The minimum absolute atomic E-state index is 0.0292. The highest BCUT2D eigenvalue weighted by atomic mass is 35.5. The summed E-state index contributed by atoms with van der Waals surface area (Å²) in [5, 5.41) is 1.11. The Morgan fingerprint density at radius 3 is 2.35 bits per heavy atom. The van der Waals surface area contributed by atoms with E-state index in [4.69, 9.17) is 23.2 Å². The van der Waals surface area contributed by atoms with Gasteiger partial charge >= 0.3 is 0 Å². The van der Waals surface area contributed by atoms with Crippen LogP contribution in [0.15, 0.2) is 30.7 Å². The highest BCUT2D eigenvalue weighted by Crippen LogP contribution is 2.28. The summed E-state index contributed by atoms with van der Waals surface area (Å²) in [4.78, 5) is 4.38. The molecule has 0 radical (unpaired) electrons. The second kappa shape index (κ2) is 4.35. The van der Waals surface area contributed by atoms with Gasteiger partial charge in [-0.25, -0.2) is 4.98 Å². The van der Waals surface area contributed by atoms with E-state index in [9.17, 15) is 0 Å². The molecule has 0 atom stereocenters. The standard InChI is InChI=1S/C13H14Cl2N2/c1-13(2,3)17-7-12(16-8-17)9-4-5-10(14)11(15)6-9/h4-8H,1-3H3. The Balaban J connectivity index is 2.40. The molecule has 1 aromatic heterocycles. The Morgan fingerprint density at radius 1 is 1.12 bits per heavy atom. The molecule has 2 aromatic rings. The number of imidazole rings is 1. The molecule has 0 fully saturated rings. The van der Waals surface area contributed by atoms with E-state index in [1.165, 1.54) is 0 Å². The molecule has 0 aliphatic carbocycles. The van der Waals surface area contributed by atoms with Gasteiger partial charge in [0.1, 0.15) is 0 Å². The highest BCUT2D eigenvalue weighted by Gasteiger charge is 2.14. The van der Waals surface area contributed by atoms with Crippen LogP contribution in [0.1, 0.15) is 20.8 Å². The maximum absolute atomic E-state index is 5.99. The average Bonchev–Trinajstić information content (AvgIpc) is 2.70. The molecule has 0 N–H and O–H groups in total. The largest absolute Gasteiger partial charge is 0.332 e. The van der Waals surface area contributed by atoms with Crippen molar-refractivity contribution in [3.05, 3.63) is 40.8 Å². The van der Waals surface area contributed by atoms with Crippen molar-refractivity contribution in [2.45, 2.75) is 26.3 Å². The molecule has 1 heterocycles. The summed E-state index contributed by atoms with van der Waals surface area (Å²) < 4.78 is 2.07. The lowest BCUT2D eigenvalue weighted by atomic mass is 10.1. The molecule has 0 aliphatic heterocycles. The zero-order chi connectivity index (χ0) is 12.6. The SMILES string of the molecule is CC(C)(C)n1cnc(-c2ccc(Cl)c(Cl)c2)c1. The monoisotopic (exact) mass is 268 g/mol. The fraction of sp³-hybridized carbons (Fsp3) is 0.308. The molecule has 0 unspecified atom stereocenters. The first-order valence-electron chi connectivity index (χ1n) is 5.38.